The van der Waals surface area contributed by atoms with Gasteiger partial charge in [-0.15, -0.1) is 0 Å². The average Bonchev–Trinajstić information content (AvgIpc) is 2.42. The van der Waals surface area contributed by atoms with Gasteiger partial charge in [-0.1, -0.05) is 34.8 Å². The van der Waals surface area contributed by atoms with Crippen molar-refractivity contribution >= 4 is 46.8 Å². The van der Waals surface area contributed by atoms with Gasteiger partial charge in [0.15, 0.2) is 11.5 Å². The molecule has 20 heavy (non-hydrogen) atoms. The van der Waals surface area contributed by atoms with Crippen LogP contribution in [0.5, 0.6) is 11.5 Å². The lowest BCUT2D eigenvalue weighted by Crippen LogP contribution is -2.01. The Kier molecular flexibility index (Phi) is 6.71. The lowest BCUT2D eigenvalue weighted by Gasteiger charge is -2.13. The Bertz CT molecular complexity index is 553. The van der Waals surface area contributed by atoms with Gasteiger partial charge in [0.2, 0.25) is 0 Å². The molecule has 1 aromatic rings. The van der Waals surface area contributed by atoms with Gasteiger partial charge in [0.05, 0.1) is 12.1 Å². The van der Waals surface area contributed by atoms with E-state index < -0.39 is 5.97 Å². The zero-order valence-electron chi connectivity index (χ0n) is 10.4. The molecule has 1 rings (SSSR count). The lowest BCUT2D eigenvalue weighted by atomic mass is 10.1. The van der Waals surface area contributed by atoms with Crippen LogP contribution in [0.15, 0.2) is 28.8 Å². The van der Waals surface area contributed by atoms with E-state index in [1.165, 1.54) is 18.7 Å². The van der Waals surface area contributed by atoms with Gasteiger partial charge in [0.1, 0.15) is 6.61 Å². The first kappa shape index (κ1) is 16.7. The lowest BCUT2D eigenvalue weighted by molar-refractivity contribution is -0.131. The Hall–Kier alpha value is -1.36. The van der Waals surface area contributed by atoms with Gasteiger partial charge in [-0.3, -0.25) is 0 Å². The summed E-state index contributed by atoms with van der Waals surface area (Å²) in [7, 11) is 1.45. The molecular formula is C13H11Cl3O4. The molecule has 0 heterocycles. The molecule has 108 valence electrons. The van der Waals surface area contributed by atoms with Gasteiger partial charge in [-0.05, 0) is 12.1 Å². The number of hydrogen-bond acceptors (Lipinski definition) is 3. The highest BCUT2D eigenvalue weighted by atomic mass is 35.5. The minimum atomic E-state index is -1.09. The van der Waals surface area contributed by atoms with E-state index in [0.29, 0.717) is 22.1 Å². The molecule has 0 unspecified atom stereocenters. The molecule has 0 fully saturated rings. The first-order valence-electron chi connectivity index (χ1n) is 5.34. The van der Waals surface area contributed by atoms with E-state index in [0.717, 1.165) is 6.08 Å². The zero-order valence-corrected chi connectivity index (χ0v) is 12.7. The molecule has 4 nitrogen and oxygen atoms in total. The minimum Gasteiger partial charge on any atom is -0.493 e. The van der Waals surface area contributed by atoms with Crippen LogP contribution in [0, 0.1) is 0 Å². The van der Waals surface area contributed by atoms with Gasteiger partial charge in [0, 0.05) is 28.3 Å². The van der Waals surface area contributed by atoms with E-state index >= 15 is 0 Å². The van der Waals surface area contributed by atoms with Crippen molar-refractivity contribution in [2.45, 2.75) is 0 Å². The summed E-state index contributed by atoms with van der Waals surface area (Å²) in [6.45, 7) is 0.0248. The van der Waals surface area contributed by atoms with Crippen molar-refractivity contribution in [1.82, 2.24) is 0 Å². The number of ether oxygens (including phenoxy) is 2. The fraction of sp³-hybridized carbons (Fsp3) is 0.154. The van der Waals surface area contributed by atoms with Crippen molar-refractivity contribution in [3.8, 4) is 11.5 Å². The maximum absolute atomic E-state index is 10.6. The van der Waals surface area contributed by atoms with Crippen molar-refractivity contribution in [2.24, 2.45) is 0 Å². The summed E-state index contributed by atoms with van der Waals surface area (Å²) in [5.41, 5.74) is 1.63. The molecule has 0 aliphatic carbocycles. The molecule has 0 aliphatic heterocycles. The molecule has 1 aromatic carbocycles. The predicted molar refractivity (Wildman–Crippen MR) is 80.0 cm³/mol. The highest BCUT2D eigenvalue weighted by Crippen LogP contribution is 2.36. The Labute approximate surface area is 131 Å². The topological polar surface area (TPSA) is 55.8 Å². The van der Waals surface area contributed by atoms with Crippen molar-refractivity contribution < 1.29 is 19.4 Å². The molecule has 0 saturated heterocycles. The van der Waals surface area contributed by atoms with Crippen LogP contribution in [0.1, 0.15) is 5.56 Å². The molecule has 0 saturated carbocycles. The average molecular weight is 338 g/mol. The quantitative estimate of drug-likeness (QED) is 0.793. The highest BCUT2D eigenvalue weighted by molar-refractivity contribution is 6.36. The standard InChI is InChI=1S/C13H11Cl3O4/c1-19-11-5-9(15)4-8(2-3-12(17)18)13(11)20-7-10(16)6-14/h2-6H,7H2,1H3,(H,17,18)/b3-2+,10-6-. The van der Waals surface area contributed by atoms with E-state index in [9.17, 15) is 4.79 Å². The first-order chi connectivity index (χ1) is 9.47. The molecule has 0 bridgehead atoms. The SMILES string of the molecule is COc1cc(Cl)cc(/C=C/C(=O)O)c1OC/C(Cl)=C/Cl. The van der Waals surface area contributed by atoms with Crippen molar-refractivity contribution in [3.63, 3.8) is 0 Å². The summed E-state index contributed by atoms with van der Waals surface area (Å²) in [5, 5.41) is 9.35. The van der Waals surface area contributed by atoms with E-state index in [1.807, 2.05) is 0 Å². The van der Waals surface area contributed by atoms with E-state index in [2.05, 4.69) is 0 Å². The second-order valence-electron chi connectivity index (χ2n) is 3.54. The summed E-state index contributed by atoms with van der Waals surface area (Å²) < 4.78 is 10.6. The Morgan fingerprint density at radius 1 is 1.45 bits per heavy atom. The number of carboxylic acid groups (broad SMARTS) is 1. The molecule has 7 heteroatoms. The van der Waals surface area contributed by atoms with Gasteiger partial charge >= 0.3 is 5.97 Å². The summed E-state index contributed by atoms with van der Waals surface area (Å²) in [4.78, 5) is 10.6. The zero-order chi connectivity index (χ0) is 15.1. The van der Waals surface area contributed by atoms with Crippen LogP contribution in [0.3, 0.4) is 0 Å². The Morgan fingerprint density at radius 3 is 2.70 bits per heavy atom. The number of halogens is 3. The number of hydrogen-bond donors (Lipinski definition) is 1. The Morgan fingerprint density at radius 2 is 2.15 bits per heavy atom. The second-order valence-corrected chi connectivity index (χ2v) is 4.68. The van der Waals surface area contributed by atoms with E-state index in [1.54, 1.807) is 12.1 Å². The van der Waals surface area contributed by atoms with Gasteiger partial charge < -0.3 is 14.6 Å². The number of carbonyl (C=O) groups is 1. The van der Waals surface area contributed by atoms with Crippen LogP contribution < -0.4 is 9.47 Å². The molecular weight excluding hydrogens is 326 g/mol. The maximum atomic E-state index is 10.6. The predicted octanol–water partition coefficient (Wildman–Crippen LogP) is 4.14. The summed E-state index contributed by atoms with van der Waals surface area (Å²) in [5.74, 6) is -0.402. The number of rotatable bonds is 6. The highest BCUT2D eigenvalue weighted by Gasteiger charge is 2.12. The normalized spacial score (nSPS) is 11.7. The third-order valence-corrected chi connectivity index (χ3v) is 2.96. The van der Waals surface area contributed by atoms with E-state index in [-0.39, 0.29) is 11.6 Å². The maximum Gasteiger partial charge on any atom is 0.328 e. The van der Waals surface area contributed by atoms with Crippen LogP contribution in [0.25, 0.3) is 6.08 Å². The van der Waals surface area contributed by atoms with Crippen LogP contribution >= 0.6 is 34.8 Å². The van der Waals surface area contributed by atoms with Gasteiger partial charge in [0.25, 0.3) is 0 Å². The molecule has 0 spiro atoms. The molecule has 0 amide bonds. The molecule has 0 radical (unpaired) electrons. The van der Waals surface area contributed by atoms with Gasteiger partial charge in [-0.2, -0.15) is 0 Å². The molecule has 0 aliphatic rings. The Balaban J connectivity index is 3.18. The first-order valence-corrected chi connectivity index (χ1v) is 6.53. The number of methoxy groups -OCH3 is 1. The van der Waals surface area contributed by atoms with Crippen LogP contribution in [-0.2, 0) is 4.79 Å². The number of carboxylic acids is 1. The van der Waals surface area contributed by atoms with Crippen LogP contribution in [0.2, 0.25) is 5.02 Å². The number of benzene rings is 1. The van der Waals surface area contributed by atoms with Crippen molar-refractivity contribution in [2.75, 3.05) is 13.7 Å². The fourth-order valence-electron chi connectivity index (χ4n) is 1.35. The van der Waals surface area contributed by atoms with Crippen molar-refractivity contribution in [1.29, 1.82) is 0 Å². The molecule has 0 aromatic heterocycles. The van der Waals surface area contributed by atoms with Crippen LogP contribution in [0.4, 0.5) is 0 Å². The van der Waals surface area contributed by atoms with Gasteiger partial charge in [-0.25, -0.2) is 4.79 Å². The molecule has 1 N–H and O–H groups in total. The smallest absolute Gasteiger partial charge is 0.328 e. The van der Waals surface area contributed by atoms with Crippen molar-refractivity contribution in [3.05, 3.63) is 39.4 Å². The summed E-state index contributed by atoms with van der Waals surface area (Å²) in [6.07, 6.45) is 2.32. The second kappa shape index (κ2) is 8.04. The molecule has 0 atom stereocenters. The monoisotopic (exact) mass is 336 g/mol. The summed E-state index contributed by atoms with van der Waals surface area (Å²) in [6, 6.07) is 3.10. The third-order valence-electron chi connectivity index (χ3n) is 2.15. The van der Waals surface area contributed by atoms with Crippen LogP contribution in [-0.4, -0.2) is 24.8 Å². The summed E-state index contributed by atoms with van der Waals surface area (Å²) >= 11 is 17.1. The minimum absolute atomic E-state index is 0.0248. The fourth-order valence-corrected chi connectivity index (χ4v) is 1.69. The number of aliphatic carboxylic acids is 1. The largest absolute Gasteiger partial charge is 0.493 e. The van der Waals surface area contributed by atoms with E-state index in [4.69, 9.17) is 49.4 Å². The third kappa shape index (κ3) is 4.96.